The Morgan fingerprint density at radius 3 is 3.27 bits per heavy atom. The Hall–Kier alpha value is -1.50. The van der Waals surface area contributed by atoms with Gasteiger partial charge in [0.15, 0.2) is 0 Å². The molecule has 7 heteroatoms. The Labute approximate surface area is 90.7 Å². The van der Waals surface area contributed by atoms with E-state index >= 15 is 0 Å². The number of hydrogen-bond acceptors (Lipinski definition) is 6. The van der Waals surface area contributed by atoms with Gasteiger partial charge >= 0.3 is 5.97 Å². The predicted octanol–water partition coefficient (Wildman–Crippen LogP) is 0.722. The first-order valence-corrected chi connectivity index (χ1v) is 5.27. The van der Waals surface area contributed by atoms with Crippen molar-refractivity contribution in [2.45, 2.75) is 19.0 Å². The van der Waals surface area contributed by atoms with Crippen LogP contribution in [0.4, 0.5) is 0 Å². The van der Waals surface area contributed by atoms with Gasteiger partial charge in [-0.3, -0.25) is 5.43 Å². The number of esters is 1. The van der Waals surface area contributed by atoms with Crippen molar-refractivity contribution in [3.8, 4) is 0 Å². The summed E-state index contributed by atoms with van der Waals surface area (Å²) in [5.74, 6) is -0.332. The third kappa shape index (κ3) is 1.82. The number of thioether (sulfide) groups is 1. The molecule has 2 rings (SSSR count). The van der Waals surface area contributed by atoms with Crippen molar-refractivity contribution in [2.75, 3.05) is 12.0 Å². The van der Waals surface area contributed by atoms with Crippen molar-refractivity contribution in [1.82, 2.24) is 14.9 Å². The first-order chi connectivity index (χ1) is 7.22. The Kier molecular flexibility index (Phi) is 2.63. The summed E-state index contributed by atoms with van der Waals surface area (Å²) in [6.07, 6.45) is 1.55. The van der Waals surface area contributed by atoms with Crippen LogP contribution in [-0.4, -0.2) is 27.4 Å². The number of nitrogens with zero attached hydrogens (tertiary/aromatic N) is 3. The first-order valence-electron chi connectivity index (χ1n) is 4.45. The second kappa shape index (κ2) is 3.93. The van der Waals surface area contributed by atoms with Crippen LogP contribution in [-0.2, 0) is 9.53 Å². The van der Waals surface area contributed by atoms with E-state index in [0.29, 0.717) is 16.7 Å². The highest BCUT2D eigenvalue weighted by Crippen LogP contribution is 2.30. The fraction of sp³-hybridized carbons (Fsp3) is 0.375. The van der Waals surface area contributed by atoms with Gasteiger partial charge in [-0.2, -0.15) is 0 Å². The summed E-state index contributed by atoms with van der Waals surface area (Å²) in [5.41, 5.74) is 3.72. The van der Waals surface area contributed by atoms with Crippen molar-refractivity contribution >= 4 is 17.7 Å². The van der Waals surface area contributed by atoms with Crippen LogP contribution in [0.1, 0.15) is 13.8 Å². The summed E-state index contributed by atoms with van der Waals surface area (Å²) < 4.78 is 6.58. The van der Waals surface area contributed by atoms with Crippen LogP contribution in [0.25, 0.3) is 0 Å². The maximum atomic E-state index is 11.5. The highest BCUT2D eigenvalue weighted by Gasteiger charge is 2.23. The smallest absolute Gasteiger partial charge is 0.346 e. The zero-order chi connectivity index (χ0) is 10.8. The van der Waals surface area contributed by atoms with E-state index in [1.54, 1.807) is 17.9 Å². The summed E-state index contributed by atoms with van der Waals surface area (Å²) >= 11 is 1.25. The van der Waals surface area contributed by atoms with Crippen molar-refractivity contribution in [2.24, 2.45) is 0 Å². The maximum absolute atomic E-state index is 11.5. The zero-order valence-electron chi connectivity index (χ0n) is 8.35. The molecule has 6 nitrogen and oxygen atoms in total. The van der Waals surface area contributed by atoms with E-state index in [-0.39, 0.29) is 5.97 Å². The van der Waals surface area contributed by atoms with Crippen molar-refractivity contribution in [3.63, 3.8) is 0 Å². The molecule has 1 aromatic heterocycles. The number of hydrogen-bond donors (Lipinski definition) is 1. The molecule has 0 spiro atoms. The van der Waals surface area contributed by atoms with Gasteiger partial charge in [0.05, 0.1) is 12.3 Å². The minimum Gasteiger partial charge on any atom is -0.462 e. The van der Waals surface area contributed by atoms with Gasteiger partial charge in [0.2, 0.25) is 5.16 Å². The Morgan fingerprint density at radius 1 is 1.73 bits per heavy atom. The van der Waals surface area contributed by atoms with E-state index in [0.717, 1.165) is 5.70 Å². The SMILES string of the molecule is CCOC(=O)C1=C(C)Nn2cnnc2S1. The number of aromatic nitrogens is 3. The lowest BCUT2D eigenvalue weighted by Gasteiger charge is -2.18. The molecule has 0 atom stereocenters. The number of nitrogens with one attached hydrogen (secondary N) is 1. The Morgan fingerprint density at radius 2 is 2.53 bits per heavy atom. The summed E-state index contributed by atoms with van der Waals surface area (Å²) in [6.45, 7) is 3.95. The van der Waals surface area contributed by atoms with Crippen LogP contribution in [0.15, 0.2) is 22.1 Å². The van der Waals surface area contributed by atoms with Gasteiger partial charge in [0.25, 0.3) is 0 Å². The fourth-order valence-corrected chi connectivity index (χ4v) is 1.96. The van der Waals surface area contributed by atoms with Crippen LogP contribution < -0.4 is 5.43 Å². The largest absolute Gasteiger partial charge is 0.462 e. The molecule has 0 radical (unpaired) electrons. The van der Waals surface area contributed by atoms with E-state index in [9.17, 15) is 4.79 Å². The number of carbonyl (C=O) groups excluding carboxylic acids is 1. The number of allylic oxidation sites excluding steroid dienone is 1. The molecule has 2 heterocycles. The number of ether oxygens (including phenoxy) is 1. The van der Waals surface area contributed by atoms with Crippen LogP contribution in [0.2, 0.25) is 0 Å². The molecule has 15 heavy (non-hydrogen) atoms. The van der Waals surface area contributed by atoms with Gasteiger partial charge in [-0.15, -0.1) is 10.2 Å². The molecule has 1 aromatic rings. The Bertz CT molecular complexity index is 426. The molecule has 1 aliphatic heterocycles. The summed E-state index contributed by atoms with van der Waals surface area (Å²) in [7, 11) is 0. The van der Waals surface area contributed by atoms with Crippen LogP contribution >= 0.6 is 11.8 Å². The van der Waals surface area contributed by atoms with Gasteiger partial charge in [-0.05, 0) is 25.6 Å². The van der Waals surface area contributed by atoms with E-state index < -0.39 is 0 Å². The van der Waals surface area contributed by atoms with Gasteiger partial charge in [0.1, 0.15) is 11.2 Å². The molecule has 0 saturated carbocycles. The second-order valence-corrected chi connectivity index (χ2v) is 3.85. The molecule has 0 fully saturated rings. The van der Waals surface area contributed by atoms with Gasteiger partial charge in [-0.1, -0.05) is 0 Å². The number of fused-ring (bicyclic) bond motifs is 1. The predicted molar refractivity (Wildman–Crippen MR) is 54.6 cm³/mol. The molecule has 1 N–H and O–H groups in total. The molecule has 0 aliphatic carbocycles. The maximum Gasteiger partial charge on any atom is 0.346 e. The minimum atomic E-state index is -0.332. The first kappa shape index (κ1) is 10.0. The molecule has 0 amide bonds. The highest BCUT2D eigenvalue weighted by molar-refractivity contribution is 8.03. The lowest BCUT2D eigenvalue weighted by atomic mass is 10.4. The lowest BCUT2D eigenvalue weighted by Crippen LogP contribution is -2.21. The summed E-state index contributed by atoms with van der Waals surface area (Å²) in [6, 6.07) is 0. The van der Waals surface area contributed by atoms with E-state index in [1.807, 2.05) is 6.92 Å². The third-order valence-electron chi connectivity index (χ3n) is 1.80. The monoisotopic (exact) mass is 226 g/mol. The summed E-state index contributed by atoms with van der Waals surface area (Å²) in [5, 5.41) is 8.21. The van der Waals surface area contributed by atoms with E-state index in [1.165, 1.54) is 11.8 Å². The van der Waals surface area contributed by atoms with E-state index in [4.69, 9.17) is 4.74 Å². The Balaban J connectivity index is 2.23. The quantitative estimate of drug-likeness (QED) is 0.749. The zero-order valence-corrected chi connectivity index (χ0v) is 9.17. The molecule has 80 valence electrons. The topological polar surface area (TPSA) is 69.0 Å². The van der Waals surface area contributed by atoms with Crippen LogP contribution in [0.5, 0.6) is 0 Å². The second-order valence-electron chi connectivity index (χ2n) is 2.87. The van der Waals surface area contributed by atoms with Crippen molar-refractivity contribution in [3.05, 3.63) is 16.9 Å². The molecule has 0 unspecified atom stereocenters. The van der Waals surface area contributed by atoms with Crippen molar-refractivity contribution < 1.29 is 9.53 Å². The standard InChI is InChI=1S/C8H10N4O2S/c1-3-14-7(13)6-5(2)11-12-4-9-10-8(12)15-6/h4,11H,3H2,1-2H3. The van der Waals surface area contributed by atoms with Gasteiger partial charge in [0, 0.05) is 0 Å². The molecular formula is C8H10N4O2S. The fourth-order valence-electron chi connectivity index (χ4n) is 1.16. The molecular weight excluding hydrogens is 216 g/mol. The number of carbonyl (C=O) groups is 1. The van der Waals surface area contributed by atoms with Crippen molar-refractivity contribution in [1.29, 1.82) is 0 Å². The average Bonchev–Trinajstić information content (AvgIpc) is 2.63. The molecule has 0 aromatic carbocycles. The minimum absolute atomic E-state index is 0.332. The van der Waals surface area contributed by atoms with E-state index in [2.05, 4.69) is 15.6 Å². The number of rotatable bonds is 2. The normalized spacial score (nSPS) is 14.5. The molecule has 1 aliphatic rings. The summed E-state index contributed by atoms with van der Waals surface area (Å²) in [4.78, 5) is 12.1. The van der Waals surface area contributed by atoms with Gasteiger partial charge < -0.3 is 4.74 Å². The van der Waals surface area contributed by atoms with Crippen LogP contribution in [0.3, 0.4) is 0 Å². The van der Waals surface area contributed by atoms with Crippen LogP contribution in [0, 0.1) is 0 Å². The van der Waals surface area contributed by atoms with Gasteiger partial charge in [-0.25, -0.2) is 9.47 Å². The average molecular weight is 226 g/mol. The molecule has 0 saturated heterocycles. The third-order valence-corrected chi connectivity index (χ3v) is 2.94. The molecule has 0 bridgehead atoms. The lowest BCUT2D eigenvalue weighted by molar-refractivity contribution is -0.137. The highest BCUT2D eigenvalue weighted by atomic mass is 32.2.